The highest BCUT2D eigenvalue weighted by molar-refractivity contribution is 7.91. The number of para-hydroxylation sites is 1. The molecule has 1 heterocycles. The van der Waals surface area contributed by atoms with Gasteiger partial charge in [0.05, 0.1) is 29.5 Å². The van der Waals surface area contributed by atoms with Gasteiger partial charge in [0.25, 0.3) is 0 Å². The van der Waals surface area contributed by atoms with E-state index in [1.165, 1.54) is 0 Å². The summed E-state index contributed by atoms with van der Waals surface area (Å²) in [5.41, 5.74) is 0.623. The second kappa shape index (κ2) is 6.98. The summed E-state index contributed by atoms with van der Waals surface area (Å²) in [6, 6.07) is 7.13. The Morgan fingerprint density at radius 1 is 1.23 bits per heavy atom. The van der Waals surface area contributed by atoms with Crippen LogP contribution in [-0.2, 0) is 14.6 Å². The number of sulfone groups is 1. The van der Waals surface area contributed by atoms with Gasteiger partial charge in [0.15, 0.2) is 9.84 Å². The summed E-state index contributed by atoms with van der Waals surface area (Å²) in [5.74, 6) is 0.110. The molecule has 5 nitrogen and oxygen atoms in total. The van der Waals surface area contributed by atoms with Crippen LogP contribution in [0.2, 0.25) is 0 Å². The fourth-order valence-corrected chi connectivity index (χ4v) is 3.70. The topological polar surface area (TPSA) is 58.6 Å². The number of hydrogen-bond acceptors (Lipinski definition) is 5. The standard InChI is InChI=1S/C16H26N2O3S/c1-4-22(19,20)15-8-6-5-7-14(15)17-13-16(2,3)18-9-11-21-12-10-18/h5-8,17H,4,9-13H2,1-3H3. The Hall–Kier alpha value is -1.11. The summed E-state index contributed by atoms with van der Waals surface area (Å²) < 4.78 is 29.8. The highest BCUT2D eigenvalue weighted by atomic mass is 32.2. The number of hydrogen-bond donors (Lipinski definition) is 1. The minimum absolute atomic E-state index is 0.0626. The molecule has 124 valence electrons. The molecule has 1 aliphatic rings. The lowest BCUT2D eigenvalue weighted by Crippen LogP contribution is -2.53. The average molecular weight is 326 g/mol. The van der Waals surface area contributed by atoms with Crippen molar-refractivity contribution in [1.82, 2.24) is 4.90 Å². The maximum Gasteiger partial charge on any atom is 0.180 e. The lowest BCUT2D eigenvalue weighted by Gasteiger charge is -2.41. The first-order valence-electron chi connectivity index (χ1n) is 7.75. The van der Waals surface area contributed by atoms with Gasteiger partial charge in [-0.2, -0.15) is 0 Å². The summed E-state index contributed by atoms with van der Waals surface area (Å²) in [7, 11) is -3.22. The van der Waals surface area contributed by atoms with Gasteiger partial charge in [0, 0.05) is 25.2 Å². The number of ether oxygens (including phenoxy) is 1. The van der Waals surface area contributed by atoms with Gasteiger partial charge in [0.2, 0.25) is 0 Å². The van der Waals surface area contributed by atoms with Crippen LogP contribution in [0.25, 0.3) is 0 Å². The van der Waals surface area contributed by atoms with E-state index in [1.54, 1.807) is 19.1 Å². The lowest BCUT2D eigenvalue weighted by molar-refractivity contribution is -0.00569. The molecule has 0 aliphatic carbocycles. The molecule has 0 bridgehead atoms. The van der Waals surface area contributed by atoms with Gasteiger partial charge in [-0.25, -0.2) is 8.42 Å². The van der Waals surface area contributed by atoms with Crippen LogP contribution in [0.4, 0.5) is 5.69 Å². The van der Waals surface area contributed by atoms with Crippen molar-refractivity contribution >= 4 is 15.5 Å². The summed E-state index contributed by atoms with van der Waals surface area (Å²) in [4.78, 5) is 2.76. The number of benzene rings is 1. The van der Waals surface area contributed by atoms with E-state index in [0.29, 0.717) is 17.1 Å². The van der Waals surface area contributed by atoms with Crippen molar-refractivity contribution in [2.24, 2.45) is 0 Å². The molecule has 1 saturated heterocycles. The number of nitrogens with one attached hydrogen (secondary N) is 1. The van der Waals surface area contributed by atoms with E-state index in [0.717, 1.165) is 26.3 Å². The SMILES string of the molecule is CCS(=O)(=O)c1ccccc1NCC(C)(C)N1CCOCC1. The molecule has 1 aliphatic heterocycles. The van der Waals surface area contributed by atoms with E-state index in [4.69, 9.17) is 4.74 Å². The van der Waals surface area contributed by atoms with Gasteiger partial charge in [-0.15, -0.1) is 0 Å². The molecule has 1 aromatic carbocycles. The molecule has 1 N–H and O–H groups in total. The molecule has 0 spiro atoms. The highest BCUT2D eigenvalue weighted by Crippen LogP contribution is 2.24. The first kappa shape index (κ1) is 17.2. The number of morpholine rings is 1. The Bertz CT molecular complexity index is 593. The van der Waals surface area contributed by atoms with Crippen LogP contribution in [0.3, 0.4) is 0 Å². The van der Waals surface area contributed by atoms with E-state index in [1.807, 2.05) is 12.1 Å². The highest BCUT2D eigenvalue weighted by Gasteiger charge is 2.28. The monoisotopic (exact) mass is 326 g/mol. The predicted molar refractivity (Wildman–Crippen MR) is 89.1 cm³/mol. The summed E-state index contributed by atoms with van der Waals surface area (Å²) >= 11 is 0. The van der Waals surface area contributed by atoms with E-state index < -0.39 is 9.84 Å². The Labute approximate surface area is 133 Å². The summed E-state index contributed by atoms with van der Waals surface area (Å²) in [5, 5.41) is 3.33. The lowest BCUT2D eigenvalue weighted by atomic mass is 10.0. The van der Waals surface area contributed by atoms with Crippen molar-refractivity contribution in [3.05, 3.63) is 24.3 Å². The summed E-state index contributed by atoms with van der Waals surface area (Å²) in [6.45, 7) is 10.0. The van der Waals surface area contributed by atoms with Crippen molar-refractivity contribution in [2.45, 2.75) is 31.2 Å². The molecule has 0 saturated carbocycles. The third-order valence-corrected chi connectivity index (χ3v) is 5.97. The fraction of sp³-hybridized carbons (Fsp3) is 0.625. The van der Waals surface area contributed by atoms with Crippen LogP contribution in [0.5, 0.6) is 0 Å². The second-order valence-electron chi connectivity index (χ2n) is 6.16. The maximum absolute atomic E-state index is 12.2. The Morgan fingerprint density at radius 3 is 2.50 bits per heavy atom. The van der Waals surface area contributed by atoms with Crippen molar-refractivity contribution in [2.75, 3.05) is 43.9 Å². The first-order valence-corrected chi connectivity index (χ1v) is 9.40. The second-order valence-corrected chi connectivity index (χ2v) is 8.41. The van der Waals surface area contributed by atoms with Crippen LogP contribution in [0, 0.1) is 0 Å². The van der Waals surface area contributed by atoms with Gasteiger partial charge in [-0.05, 0) is 26.0 Å². The van der Waals surface area contributed by atoms with Crippen molar-refractivity contribution in [3.63, 3.8) is 0 Å². The number of nitrogens with zero attached hydrogens (tertiary/aromatic N) is 1. The molecule has 2 rings (SSSR count). The fourth-order valence-electron chi connectivity index (χ4n) is 2.63. The van der Waals surface area contributed by atoms with Crippen LogP contribution in [0.15, 0.2) is 29.2 Å². The van der Waals surface area contributed by atoms with Crippen molar-refractivity contribution in [1.29, 1.82) is 0 Å². The van der Waals surface area contributed by atoms with Gasteiger partial charge < -0.3 is 10.1 Å². The largest absolute Gasteiger partial charge is 0.382 e. The molecule has 0 aromatic heterocycles. The predicted octanol–water partition coefficient (Wildman–Crippen LogP) is 2.00. The Balaban J connectivity index is 2.11. The minimum Gasteiger partial charge on any atom is -0.382 e. The maximum atomic E-state index is 12.2. The third-order valence-electron chi connectivity index (χ3n) is 4.18. The average Bonchev–Trinajstić information content (AvgIpc) is 2.54. The zero-order valence-corrected chi connectivity index (χ0v) is 14.4. The number of rotatable bonds is 6. The first-order chi connectivity index (χ1) is 10.4. The van der Waals surface area contributed by atoms with Crippen LogP contribution >= 0.6 is 0 Å². The van der Waals surface area contributed by atoms with Crippen LogP contribution < -0.4 is 5.32 Å². The van der Waals surface area contributed by atoms with E-state index >= 15 is 0 Å². The molecule has 22 heavy (non-hydrogen) atoms. The van der Waals surface area contributed by atoms with Gasteiger partial charge >= 0.3 is 0 Å². The van der Waals surface area contributed by atoms with Gasteiger partial charge in [-0.1, -0.05) is 19.1 Å². The zero-order chi connectivity index (χ0) is 16.2. The quantitative estimate of drug-likeness (QED) is 0.866. The molecular formula is C16H26N2O3S. The number of anilines is 1. The van der Waals surface area contributed by atoms with E-state index in [9.17, 15) is 8.42 Å². The molecule has 0 unspecified atom stereocenters. The van der Waals surface area contributed by atoms with Gasteiger partial charge in [0.1, 0.15) is 0 Å². The Morgan fingerprint density at radius 2 is 1.86 bits per heavy atom. The van der Waals surface area contributed by atoms with E-state index in [-0.39, 0.29) is 11.3 Å². The molecule has 1 aromatic rings. The minimum atomic E-state index is -3.22. The molecule has 6 heteroatoms. The van der Waals surface area contributed by atoms with Crippen LogP contribution in [-0.4, -0.2) is 57.5 Å². The zero-order valence-electron chi connectivity index (χ0n) is 13.6. The Kier molecular flexibility index (Phi) is 5.47. The van der Waals surface area contributed by atoms with Crippen molar-refractivity contribution in [3.8, 4) is 0 Å². The molecule has 0 amide bonds. The van der Waals surface area contributed by atoms with Crippen molar-refractivity contribution < 1.29 is 13.2 Å². The van der Waals surface area contributed by atoms with Gasteiger partial charge in [-0.3, -0.25) is 4.90 Å². The summed E-state index contributed by atoms with van der Waals surface area (Å²) in [6.07, 6.45) is 0. The molecule has 0 radical (unpaired) electrons. The molecule has 0 atom stereocenters. The normalized spacial score (nSPS) is 17.4. The third kappa shape index (κ3) is 4.00. The molecule has 1 fully saturated rings. The van der Waals surface area contributed by atoms with E-state index in [2.05, 4.69) is 24.1 Å². The smallest absolute Gasteiger partial charge is 0.180 e. The van der Waals surface area contributed by atoms with Crippen LogP contribution in [0.1, 0.15) is 20.8 Å². The molecular weight excluding hydrogens is 300 g/mol.